The molecule has 200 valence electrons. The number of aliphatic imine (C=N–C) groups is 1. The van der Waals surface area contributed by atoms with Gasteiger partial charge in [-0.1, -0.05) is 32.8 Å². The first-order valence-corrected chi connectivity index (χ1v) is 14.0. The average Bonchev–Trinajstić information content (AvgIpc) is 3.33. The third-order valence-electron chi connectivity index (χ3n) is 7.79. The summed E-state index contributed by atoms with van der Waals surface area (Å²) in [5.74, 6) is 0.862. The number of carbonyl (C=O) groups is 1. The molecule has 37 heavy (non-hydrogen) atoms. The molecule has 2 fully saturated rings. The second-order valence-electron chi connectivity index (χ2n) is 11.1. The van der Waals surface area contributed by atoms with Gasteiger partial charge in [0.15, 0.2) is 0 Å². The van der Waals surface area contributed by atoms with Crippen molar-refractivity contribution in [1.29, 1.82) is 0 Å². The molecule has 5 nitrogen and oxygen atoms in total. The molecule has 1 atom stereocenters. The fourth-order valence-electron chi connectivity index (χ4n) is 5.57. The van der Waals surface area contributed by atoms with Crippen LogP contribution in [0.25, 0.3) is 5.57 Å². The van der Waals surface area contributed by atoms with E-state index in [9.17, 15) is 4.79 Å². The van der Waals surface area contributed by atoms with Crippen LogP contribution in [0, 0.1) is 11.7 Å². The van der Waals surface area contributed by atoms with Crippen molar-refractivity contribution in [2.45, 2.75) is 78.7 Å². The van der Waals surface area contributed by atoms with Crippen molar-refractivity contribution < 1.29 is 9.18 Å². The van der Waals surface area contributed by atoms with Crippen molar-refractivity contribution in [1.82, 2.24) is 9.80 Å². The quantitative estimate of drug-likeness (QED) is 0.427. The molecule has 0 aliphatic carbocycles. The van der Waals surface area contributed by atoms with Crippen molar-refractivity contribution in [2.24, 2.45) is 10.9 Å². The van der Waals surface area contributed by atoms with E-state index in [4.69, 9.17) is 4.99 Å². The number of likely N-dealkylation sites (tertiary alicyclic amines) is 1. The number of allylic oxidation sites excluding steroid dienone is 4. The molecule has 3 heterocycles. The second-order valence-corrected chi connectivity index (χ2v) is 11.1. The predicted octanol–water partition coefficient (Wildman–Crippen LogP) is 6.78. The van der Waals surface area contributed by atoms with Gasteiger partial charge in [-0.25, -0.2) is 9.38 Å². The molecule has 1 aromatic rings. The van der Waals surface area contributed by atoms with Crippen molar-refractivity contribution in [2.75, 3.05) is 31.6 Å². The largest absolute Gasteiger partial charge is 0.371 e. The number of anilines is 1. The Morgan fingerprint density at radius 3 is 2.54 bits per heavy atom. The van der Waals surface area contributed by atoms with E-state index in [1.807, 2.05) is 54.1 Å². The molecular weight excluding hydrogens is 463 g/mol. The van der Waals surface area contributed by atoms with Gasteiger partial charge < -0.3 is 14.7 Å². The number of rotatable bonds is 6. The van der Waals surface area contributed by atoms with E-state index in [2.05, 4.69) is 25.7 Å². The smallest absolute Gasteiger partial charge is 0.272 e. The Morgan fingerprint density at radius 1 is 1.14 bits per heavy atom. The molecule has 0 N–H and O–H groups in total. The first kappa shape index (κ1) is 27.2. The van der Waals surface area contributed by atoms with Crippen LogP contribution >= 0.6 is 0 Å². The maximum absolute atomic E-state index is 15.4. The van der Waals surface area contributed by atoms with Crippen LogP contribution in [-0.4, -0.2) is 54.1 Å². The van der Waals surface area contributed by atoms with E-state index in [-0.39, 0.29) is 17.8 Å². The normalized spacial score (nSPS) is 22.5. The lowest BCUT2D eigenvalue weighted by Crippen LogP contribution is -2.43. The van der Waals surface area contributed by atoms with Gasteiger partial charge in [0.25, 0.3) is 5.91 Å². The zero-order chi connectivity index (χ0) is 26.5. The maximum Gasteiger partial charge on any atom is 0.272 e. The Balaban J connectivity index is 1.68. The molecule has 3 aliphatic heterocycles. The summed E-state index contributed by atoms with van der Waals surface area (Å²) < 4.78 is 15.4. The highest BCUT2D eigenvalue weighted by molar-refractivity contribution is 6.43. The summed E-state index contributed by atoms with van der Waals surface area (Å²) in [7, 11) is 1.99. The molecule has 0 saturated carbocycles. The van der Waals surface area contributed by atoms with Gasteiger partial charge in [-0.2, -0.15) is 0 Å². The molecule has 3 aliphatic rings. The van der Waals surface area contributed by atoms with Crippen LogP contribution < -0.4 is 4.90 Å². The first-order valence-electron chi connectivity index (χ1n) is 14.0. The molecule has 2 saturated heterocycles. The van der Waals surface area contributed by atoms with Crippen LogP contribution in [0.5, 0.6) is 0 Å². The topological polar surface area (TPSA) is 39.2 Å². The van der Waals surface area contributed by atoms with Gasteiger partial charge in [-0.15, -0.1) is 0 Å². The molecule has 0 spiro atoms. The molecule has 0 aromatic heterocycles. The molecule has 1 amide bonds. The lowest BCUT2D eigenvalue weighted by molar-refractivity contribution is -0.125. The Hall–Kier alpha value is -2.89. The summed E-state index contributed by atoms with van der Waals surface area (Å²) >= 11 is 0. The van der Waals surface area contributed by atoms with Crippen molar-refractivity contribution in [3.05, 3.63) is 59.3 Å². The number of nitrogens with zero attached hydrogens (tertiary/aromatic N) is 4. The van der Waals surface area contributed by atoms with Crippen LogP contribution in [0.2, 0.25) is 0 Å². The minimum Gasteiger partial charge on any atom is -0.371 e. The van der Waals surface area contributed by atoms with Crippen molar-refractivity contribution in [3.63, 3.8) is 0 Å². The molecule has 6 heteroatoms. The fraction of sp³-hybridized carbons (Fsp3) is 0.548. The summed E-state index contributed by atoms with van der Waals surface area (Å²) in [6.45, 7) is 11.2. The standard InChI is InChI=1S/C31H43FN4O/c1-6-24(27-14-13-25(20-28(27)32)35-15-10-11-16-35)19-30-33-29(21-26(34(30)5)18-22(2)3)31(37)36-17-9-7-8-12-23(36)4/h6,13-14,19-23H,7-12,15-18H2,1-5H3/b24-6+,30-19-. The van der Waals surface area contributed by atoms with Crippen molar-refractivity contribution >= 4 is 22.9 Å². The van der Waals surface area contributed by atoms with Gasteiger partial charge in [-0.3, -0.25) is 4.79 Å². The van der Waals surface area contributed by atoms with Crippen LogP contribution in [0.15, 0.2) is 52.9 Å². The third kappa shape index (κ3) is 6.34. The van der Waals surface area contributed by atoms with Gasteiger partial charge >= 0.3 is 0 Å². The molecular formula is C31H43FN4O. The number of carbonyl (C=O) groups excluding carboxylic acids is 1. The Labute approximate surface area is 222 Å². The summed E-state index contributed by atoms with van der Waals surface area (Å²) in [6.07, 6.45) is 13.3. The van der Waals surface area contributed by atoms with Gasteiger partial charge in [0.05, 0.1) is 0 Å². The highest BCUT2D eigenvalue weighted by Gasteiger charge is 2.28. The Morgan fingerprint density at radius 2 is 1.86 bits per heavy atom. The zero-order valence-electron chi connectivity index (χ0n) is 23.3. The van der Waals surface area contributed by atoms with Gasteiger partial charge in [-0.05, 0) is 87.8 Å². The summed E-state index contributed by atoms with van der Waals surface area (Å²) in [4.78, 5) is 24.8. The lowest BCUT2D eigenvalue weighted by Gasteiger charge is -2.32. The number of amides is 1. The number of hydrogen-bond donors (Lipinski definition) is 0. The van der Waals surface area contributed by atoms with E-state index in [0.717, 1.165) is 81.5 Å². The van der Waals surface area contributed by atoms with E-state index >= 15 is 4.39 Å². The third-order valence-corrected chi connectivity index (χ3v) is 7.79. The first-order chi connectivity index (χ1) is 17.8. The van der Waals surface area contributed by atoms with Crippen molar-refractivity contribution in [3.8, 4) is 0 Å². The summed E-state index contributed by atoms with van der Waals surface area (Å²) in [5.41, 5.74) is 3.79. The zero-order valence-corrected chi connectivity index (χ0v) is 23.3. The van der Waals surface area contributed by atoms with E-state index < -0.39 is 0 Å². The van der Waals surface area contributed by atoms with Crippen LogP contribution in [0.4, 0.5) is 10.1 Å². The van der Waals surface area contributed by atoms with Crippen LogP contribution in [0.3, 0.4) is 0 Å². The number of hydrogen-bond acceptors (Lipinski definition) is 4. The van der Waals surface area contributed by atoms with E-state index in [1.165, 1.54) is 0 Å². The predicted molar refractivity (Wildman–Crippen MR) is 152 cm³/mol. The number of benzene rings is 1. The molecule has 1 unspecified atom stereocenters. The summed E-state index contributed by atoms with van der Waals surface area (Å²) in [6, 6.07) is 5.74. The monoisotopic (exact) mass is 506 g/mol. The Bertz CT molecular complexity index is 1110. The fourth-order valence-corrected chi connectivity index (χ4v) is 5.57. The summed E-state index contributed by atoms with van der Waals surface area (Å²) in [5, 5.41) is 0. The molecule has 4 rings (SSSR count). The minimum atomic E-state index is -0.232. The van der Waals surface area contributed by atoms with Crippen LogP contribution in [0.1, 0.15) is 78.2 Å². The number of halogens is 1. The Kier molecular flexibility index (Phi) is 8.88. The highest BCUT2D eigenvalue weighted by atomic mass is 19.1. The average molecular weight is 507 g/mol. The van der Waals surface area contributed by atoms with E-state index in [1.54, 1.807) is 6.07 Å². The SMILES string of the molecule is C/C=C(\C=C1\N=C(C(=O)N2CCCCCC2C)C=C(CC(C)C)N1C)c1ccc(N2CCCC2)cc1F. The van der Waals surface area contributed by atoms with E-state index in [0.29, 0.717) is 23.0 Å². The molecule has 0 bridgehead atoms. The van der Waals surface area contributed by atoms with Gasteiger partial charge in [0.2, 0.25) is 0 Å². The highest BCUT2D eigenvalue weighted by Crippen LogP contribution is 2.31. The van der Waals surface area contributed by atoms with Crippen LogP contribution in [-0.2, 0) is 4.79 Å². The molecule has 1 aromatic carbocycles. The lowest BCUT2D eigenvalue weighted by atomic mass is 10.0. The minimum absolute atomic E-state index is 0.00201. The maximum atomic E-state index is 15.4. The second kappa shape index (κ2) is 12.1. The van der Waals surface area contributed by atoms with Gasteiger partial charge in [0.1, 0.15) is 17.3 Å². The molecule has 0 radical (unpaired) electrons. The van der Waals surface area contributed by atoms with Gasteiger partial charge in [0, 0.05) is 49.7 Å².